The van der Waals surface area contributed by atoms with Gasteiger partial charge in [0.2, 0.25) is 0 Å². The van der Waals surface area contributed by atoms with Gasteiger partial charge in [-0.25, -0.2) is 0 Å². The van der Waals surface area contributed by atoms with E-state index in [0.717, 1.165) is 42.9 Å². The Morgan fingerprint density at radius 1 is 1.13 bits per heavy atom. The van der Waals surface area contributed by atoms with Gasteiger partial charge in [-0.3, -0.25) is 14.7 Å². The molecule has 39 heavy (non-hydrogen) atoms. The molecule has 8 heteroatoms. The summed E-state index contributed by atoms with van der Waals surface area (Å²) in [6.07, 6.45) is 6.14. The average Bonchev–Trinajstić information content (AvgIpc) is 3.65. The highest BCUT2D eigenvalue weighted by atomic mass is 19.4. The normalized spacial score (nSPS) is 29.5. The maximum Gasteiger partial charge on any atom is 0.416 e. The van der Waals surface area contributed by atoms with E-state index in [0.29, 0.717) is 17.5 Å². The summed E-state index contributed by atoms with van der Waals surface area (Å²) in [5.41, 5.74) is 5.41. The Labute approximate surface area is 229 Å². The van der Waals surface area contributed by atoms with E-state index < -0.39 is 11.7 Å². The zero-order valence-corrected chi connectivity index (χ0v) is 23.4. The topological polar surface area (TPSA) is 47.9 Å². The van der Waals surface area contributed by atoms with Gasteiger partial charge in [0.05, 0.1) is 22.3 Å². The molecule has 1 amide bonds. The van der Waals surface area contributed by atoms with Crippen molar-refractivity contribution in [2.45, 2.75) is 65.1 Å². The van der Waals surface area contributed by atoms with Crippen molar-refractivity contribution in [3.8, 4) is 0 Å². The van der Waals surface area contributed by atoms with Crippen LogP contribution in [0.2, 0.25) is 0 Å². The van der Waals surface area contributed by atoms with E-state index in [2.05, 4.69) is 41.2 Å². The van der Waals surface area contributed by atoms with E-state index in [9.17, 15) is 18.0 Å². The number of hydrogen-bond donors (Lipinski definition) is 1. The van der Waals surface area contributed by atoms with Crippen LogP contribution in [0.3, 0.4) is 0 Å². The number of rotatable bonds is 2. The number of alkyl halides is 3. The second-order valence-electron chi connectivity index (χ2n) is 11.6. The number of allylic oxidation sites excluding steroid dienone is 2. The van der Waals surface area contributed by atoms with Gasteiger partial charge in [0, 0.05) is 31.9 Å². The van der Waals surface area contributed by atoms with Crippen molar-refractivity contribution in [2.75, 3.05) is 33.2 Å². The number of aliphatic imine (C=N–C) groups is 1. The molecule has 0 radical (unpaired) electrons. The summed E-state index contributed by atoms with van der Waals surface area (Å²) in [7, 11) is 1.86. The Morgan fingerprint density at radius 2 is 1.85 bits per heavy atom. The third-order valence-electron chi connectivity index (χ3n) is 8.84. The number of piperidine rings is 1. The fourth-order valence-electron chi connectivity index (χ4n) is 6.75. The average molecular weight is 541 g/mol. The lowest BCUT2D eigenvalue weighted by molar-refractivity contribution is -0.137. The van der Waals surface area contributed by atoms with Gasteiger partial charge in [0.15, 0.2) is 0 Å². The van der Waals surface area contributed by atoms with Crippen LogP contribution in [-0.4, -0.2) is 60.7 Å². The minimum Gasteiger partial charge on any atom is -0.387 e. The van der Waals surface area contributed by atoms with E-state index in [4.69, 9.17) is 4.99 Å². The van der Waals surface area contributed by atoms with Crippen molar-refractivity contribution in [1.29, 1.82) is 0 Å². The van der Waals surface area contributed by atoms with Crippen LogP contribution in [-0.2, 0) is 11.0 Å². The zero-order valence-electron chi connectivity index (χ0n) is 23.4. The Morgan fingerprint density at radius 3 is 2.44 bits per heavy atom. The van der Waals surface area contributed by atoms with Crippen molar-refractivity contribution in [3.63, 3.8) is 0 Å². The number of benzene rings is 1. The van der Waals surface area contributed by atoms with Crippen molar-refractivity contribution in [1.82, 2.24) is 15.1 Å². The van der Waals surface area contributed by atoms with Crippen LogP contribution < -0.4 is 5.32 Å². The number of hydrogen-bond acceptors (Lipinski definition) is 4. The van der Waals surface area contributed by atoms with Crippen LogP contribution in [0.25, 0.3) is 0 Å². The first kappa shape index (κ1) is 27.7. The van der Waals surface area contributed by atoms with Gasteiger partial charge < -0.3 is 10.2 Å². The SMILES string of the molecule is CN=C1/C(=C(\C)C2CC2)C(=O)N2CCC(N3CCCC3)C3=C2C1(C)C=CNC3.Cc1cccc(C(F)(F)F)c1. The molecular formula is C31H39F3N4O. The second kappa shape index (κ2) is 10.6. The molecule has 4 heterocycles. The summed E-state index contributed by atoms with van der Waals surface area (Å²) in [6, 6.07) is 5.67. The molecule has 4 aliphatic heterocycles. The number of halogens is 3. The Bertz CT molecular complexity index is 1250. The summed E-state index contributed by atoms with van der Waals surface area (Å²) in [5, 5.41) is 3.50. The smallest absolute Gasteiger partial charge is 0.387 e. The first-order valence-corrected chi connectivity index (χ1v) is 14.1. The molecule has 2 atom stereocenters. The van der Waals surface area contributed by atoms with Crippen LogP contribution in [0.1, 0.15) is 57.1 Å². The molecule has 3 fully saturated rings. The molecule has 2 unspecified atom stereocenters. The highest BCUT2D eigenvalue weighted by Gasteiger charge is 2.52. The maximum atomic E-state index is 13.7. The molecule has 2 saturated heterocycles. The highest BCUT2D eigenvalue weighted by molar-refractivity contribution is 6.28. The van der Waals surface area contributed by atoms with Gasteiger partial charge in [-0.15, -0.1) is 0 Å². The van der Waals surface area contributed by atoms with Gasteiger partial charge in [-0.1, -0.05) is 35.4 Å². The van der Waals surface area contributed by atoms with Crippen molar-refractivity contribution >= 4 is 11.6 Å². The molecule has 6 rings (SSSR count). The summed E-state index contributed by atoms with van der Waals surface area (Å²) >= 11 is 0. The first-order valence-electron chi connectivity index (χ1n) is 14.1. The van der Waals surface area contributed by atoms with Gasteiger partial charge in [-0.05, 0) is 89.7 Å². The predicted molar refractivity (Wildman–Crippen MR) is 148 cm³/mol. The Hall–Kier alpha value is -2.87. The number of nitrogens with one attached hydrogen (secondary N) is 1. The molecular weight excluding hydrogens is 501 g/mol. The van der Waals surface area contributed by atoms with Crippen LogP contribution in [0.4, 0.5) is 13.2 Å². The molecule has 1 aliphatic carbocycles. The highest BCUT2D eigenvalue weighted by Crippen LogP contribution is 2.49. The number of carbonyl (C=O) groups excluding carboxylic acids is 1. The molecule has 0 aromatic heterocycles. The van der Waals surface area contributed by atoms with Gasteiger partial charge in [-0.2, -0.15) is 13.2 Å². The van der Waals surface area contributed by atoms with Crippen LogP contribution in [0.5, 0.6) is 0 Å². The third-order valence-corrected chi connectivity index (χ3v) is 8.84. The second-order valence-corrected chi connectivity index (χ2v) is 11.6. The number of carbonyl (C=O) groups is 1. The molecule has 5 aliphatic rings. The van der Waals surface area contributed by atoms with Crippen LogP contribution in [0.15, 0.2) is 64.0 Å². The molecule has 0 bridgehead atoms. The minimum absolute atomic E-state index is 0.185. The lowest BCUT2D eigenvalue weighted by atomic mass is 9.69. The van der Waals surface area contributed by atoms with E-state index in [1.54, 1.807) is 13.0 Å². The fraction of sp³-hybridized carbons (Fsp3) is 0.548. The Kier molecular flexibility index (Phi) is 7.53. The van der Waals surface area contributed by atoms with Crippen molar-refractivity contribution in [3.05, 3.63) is 70.1 Å². The summed E-state index contributed by atoms with van der Waals surface area (Å²) in [5.74, 6) is 0.754. The molecule has 1 saturated carbocycles. The molecule has 1 N–H and O–H groups in total. The van der Waals surface area contributed by atoms with E-state index in [1.807, 2.05) is 7.05 Å². The molecule has 0 spiro atoms. The number of nitrogens with zero attached hydrogens (tertiary/aromatic N) is 3. The summed E-state index contributed by atoms with van der Waals surface area (Å²) in [6.45, 7) is 10.1. The van der Waals surface area contributed by atoms with E-state index in [1.165, 1.54) is 61.7 Å². The van der Waals surface area contributed by atoms with E-state index in [-0.39, 0.29) is 11.3 Å². The first-order chi connectivity index (χ1) is 18.6. The quantitative estimate of drug-likeness (QED) is 0.477. The zero-order chi connectivity index (χ0) is 27.9. The third kappa shape index (κ3) is 5.20. The molecule has 1 aromatic carbocycles. The lowest BCUT2D eigenvalue weighted by Crippen LogP contribution is -2.56. The Balaban J connectivity index is 0.000000237. The summed E-state index contributed by atoms with van der Waals surface area (Å²) in [4.78, 5) is 23.2. The van der Waals surface area contributed by atoms with Crippen LogP contribution >= 0.6 is 0 Å². The van der Waals surface area contributed by atoms with Crippen LogP contribution in [0, 0.1) is 18.3 Å². The number of aryl methyl sites for hydroxylation is 1. The minimum atomic E-state index is -4.22. The molecule has 210 valence electrons. The van der Waals surface area contributed by atoms with Gasteiger partial charge in [0.1, 0.15) is 0 Å². The monoisotopic (exact) mass is 540 g/mol. The van der Waals surface area contributed by atoms with Gasteiger partial charge in [0.25, 0.3) is 5.91 Å². The summed E-state index contributed by atoms with van der Waals surface area (Å²) < 4.78 is 35.9. The number of likely N-dealkylation sites (tertiary alicyclic amines) is 1. The number of amides is 1. The maximum absolute atomic E-state index is 13.7. The van der Waals surface area contributed by atoms with Crippen molar-refractivity contribution < 1.29 is 18.0 Å². The lowest BCUT2D eigenvalue weighted by Gasteiger charge is -2.49. The van der Waals surface area contributed by atoms with Crippen molar-refractivity contribution in [2.24, 2.45) is 16.3 Å². The largest absolute Gasteiger partial charge is 0.416 e. The molecule has 5 nitrogen and oxygen atoms in total. The van der Waals surface area contributed by atoms with Gasteiger partial charge >= 0.3 is 6.18 Å². The van der Waals surface area contributed by atoms with E-state index >= 15 is 0 Å². The molecule has 1 aromatic rings. The predicted octanol–water partition coefficient (Wildman–Crippen LogP) is 5.89. The standard InChI is InChI=1S/C23H32N4O.C8H7F3/c1-15(16-6-7-16)19-20(24-3)23(2)9-10-25-14-17-18(26-11-4-5-12-26)8-13-27(21(17)23)22(19)28;1-6-3-2-4-7(5-6)8(9,10)11/h9-10,16,18,25H,4-8,11-14H2,1-3H3;2-5H,1H3/b19-15-,24-20?;. The fourth-order valence-corrected chi connectivity index (χ4v) is 6.75.